The van der Waals surface area contributed by atoms with E-state index < -0.39 is 5.97 Å². The molecule has 0 bridgehead atoms. The van der Waals surface area contributed by atoms with E-state index in [1.54, 1.807) is 6.20 Å². The monoisotopic (exact) mass is 154 g/mol. The van der Waals surface area contributed by atoms with Crippen molar-refractivity contribution >= 4 is 12.3 Å². The fourth-order valence-corrected chi connectivity index (χ4v) is 0.550. The highest BCUT2D eigenvalue weighted by Gasteiger charge is 2.00. The number of hydrogen-bond donors (Lipinski definition) is 1. The van der Waals surface area contributed by atoms with Crippen LogP contribution in [0.15, 0.2) is 12.4 Å². The molecule has 58 valence electrons. The van der Waals surface area contributed by atoms with E-state index in [1.807, 2.05) is 0 Å². The normalized spacial score (nSPS) is 9.09. The number of imidazole rings is 1. The highest BCUT2D eigenvalue weighted by atomic mass is 16.5. The van der Waals surface area contributed by atoms with Crippen molar-refractivity contribution in [1.82, 2.24) is 9.97 Å². The molecule has 0 aromatic carbocycles. The van der Waals surface area contributed by atoms with E-state index in [-0.39, 0.29) is 12.9 Å². The molecule has 0 atom stereocenters. The van der Waals surface area contributed by atoms with Gasteiger partial charge in [-0.05, 0) is 0 Å². The minimum Gasteiger partial charge on any atom is -0.452 e. The molecule has 5 nitrogen and oxygen atoms in total. The molecule has 0 aliphatic rings. The maximum atomic E-state index is 10.3. The SMILES string of the molecule is O=CC(=O)OCc1ncc[nH]1. The molecule has 11 heavy (non-hydrogen) atoms. The Kier molecular flexibility index (Phi) is 2.37. The number of hydrogen-bond acceptors (Lipinski definition) is 4. The average Bonchev–Trinajstić information content (AvgIpc) is 2.52. The number of aromatic amines is 1. The van der Waals surface area contributed by atoms with Gasteiger partial charge in [0.15, 0.2) is 0 Å². The third-order valence-electron chi connectivity index (χ3n) is 1.00. The second kappa shape index (κ2) is 3.50. The summed E-state index contributed by atoms with van der Waals surface area (Å²) < 4.78 is 4.43. The van der Waals surface area contributed by atoms with Gasteiger partial charge in [0.1, 0.15) is 12.4 Å². The largest absolute Gasteiger partial charge is 0.452 e. The lowest BCUT2D eigenvalue weighted by Gasteiger charge is -1.94. The number of ether oxygens (including phenoxy) is 1. The van der Waals surface area contributed by atoms with E-state index in [9.17, 15) is 9.59 Å². The van der Waals surface area contributed by atoms with Crippen LogP contribution in [-0.2, 0) is 20.9 Å². The van der Waals surface area contributed by atoms with Crippen molar-refractivity contribution in [3.05, 3.63) is 18.2 Å². The molecular formula is C6H6N2O3. The summed E-state index contributed by atoms with van der Waals surface area (Å²) in [4.78, 5) is 26.5. The minimum atomic E-state index is -0.888. The highest BCUT2D eigenvalue weighted by molar-refractivity contribution is 6.20. The molecule has 5 heteroatoms. The highest BCUT2D eigenvalue weighted by Crippen LogP contribution is 1.90. The number of rotatable bonds is 3. The van der Waals surface area contributed by atoms with Gasteiger partial charge in [0.25, 0.3) is 0 Å². The topological polar surface area (TPSA) is 72.1 Å². The van der Waals surface area contributed by atoms with E-state index in [0.717, 1.165) is 0 Å². The molecule has 0 saturated heterocycles. The zero-order chi connectivity index (χ0) is 8.10. The van der Waals surface area contributed by atoms with Crippen molar-refractivity contribution in [2.45, 2.75) is 6.61 Å². The van der Waals surface area contributed by atoms with Gasteiger partial charge in [-0.2, -0.15) is 0 Å². The van der Waals surface area contributed by atoms with Crippen LogP contribution in [-0.4, -0.2) is 22.2 Å². The number of carbonyl (C=O) groups is 2. The lowest BCUT2D eigenvalue weighted by atomic mass is 10.6. The Morgan fingerprint density at radius 1 is 1.82 bits per heavy atom. The van der Waals surface area contributed by atoms with Crippen molar-refractivity contribution in [2.24, 2.45) is 0 Å². The summed E-state index contributed by atoms with van der Waals surface area (Å²) in [6, 6.07) is 0. The molecule has 0 amide bonds. The number of esters is 1. The maximum Gasteiger partial charge on any atom is 0.371 e. The van der Waals surface area contributed by atoms with Crippen LogP contribution in [0, 0.1) is 0 Å². The zero-order valence-corrected chi connectivity index (χ0v) is 5.61. The molecule has 1 aromatic heterocycles. The van der Waals surface area contributed by atoms with Crippen molar-refractivity contribution in [1.29, 1.82) is 0 Å². The Morgan fingerprint density at radius 3 is 3.18 bits per heavy atom. The van der Waals surface area contributed by atoms with Gasteiger partial charge in [-0.25, -0.2) is 9.78 Å². The van der Waals surface area contributed by atoms with E-state index >= 15 is 0 Å². The Hall–Kier alpha value is -1.65. The number of nitrogens with one attached hydrogen (secondary N) is 1. The van der Waals surface area contributed by atoms with Crippen LogP contribution in [0.1, 0.15) is 5.82 Å². The third-order valence-corrected chi connectivity index (χ3v) is 1.00. The molecular weight excluding hydrogens is 148 g/mol. The quantitative estimate of drug-likeness (QED) is 0.367. The van der Waals surface area contributed by atoms with Gasteiger partial charge in [-0.1, -0.05) is 0 Å². The number of aldehydes is 1. The molecule has 0 aliphatic carbocycles. The summed E-state index contributed by atoms with van der Waals surface area (Å²) >= 11 is 0. The molecule has 0 fully saturated rings. The molecule has 0 aliphatic heterocycles. The Morgan fingerprint density at radius 2 is 2.64 bits per heavy atom. The lowest BCUT2D eigenvalue weighted by molar-refractivity contribution is -0.149. The Labute approximate surface area is 62.4 Å². The van der Waals surface area contributed by atoms with Crippen molar-refractivity contribution < 1.29 is 14.3 Å². The smallest absolute Gasteiger partial charge is 0.371 e. The van der Waals surface area contributed by atoms with Gasteiger partial charge < -0.3 is 9.72 Å². The van der Waals surface area contributed by atoms with E-state index in [1.165, 1.54) is 6.20 Å². The van der Waals surface area contributed by atoms with Gasteiger partial charge >= 0.3 is 5.97 Å². The molecule has 1 N–H and O–H groups in total. The van der Waals surface area contributed by atoms with Gasteiger partial charge in [0, 0.05) is 12.4 Å². The number of H-pyrrole nitrogens is 1. The van der Waals surface area contributed by atoms with Crippen LogP contribution in [0.25, 0.3) is 0 Å². The van der Waals surface area contributed by atoms with E-state index in [4.69, 9.17) is 0 Å². The Bertz CT molecular complexity index is 242. The summed E-state index contributed by atoms with van der Waals surface area (Å²) in [6.45, 7) is 0.00454. The van der Waals surface area contributed by atoms with Crippen LogP contribution >= 0.6 is 0 Å². The summed E-state index contributed by atoms with van der Waals surface area (Å²) in [7, 11) is 0. The van der Waals surface area contributed by atoms with Crippen LogP contribution in [0.3, 0.4) is 0 Å². The summed E-state index contributed by atoms with van der Waals surface area (Å²) in [5.74, 6) is -0.374. The van der Waals surface area contributed by atoms with Gasteiger partial charge in [-0.15, -0.1) is 0 Å². The summed E-state index contributed by atoms with van der Waals surface area (Å²) in [5.41, 5.74) is 0. The lowest BCUT2D eigenvalue weighted by Crippen LogP contribution is -2.05. The zero-order valence-electron chi connectivity index (χ0n) is 5.61. The van der Waals surface area contributed by atoms with Crippen molar-refractivity contribution in [3.8, 4) is 0 Å². The fraction of sp³-hybridized carbons (Fsp3) is 0.167. The first kappa shape index (κ1) is 7.46. The van der Waals surface area contributed by atoms with Gasteiger partial charge in [0.05, 0.1) is 0 Å². The van der Waals surface area contributed by atoms with E-state index in [2.05, 4.69) is 14.7 Å². The third kappa shape index (κ3) is 2.21. The van der Waals surface area contributed by atoms with E-state index in [0.29, 0.717) is 5.82 Å². The second-order valence-electron chi connectivity index (χ2n) is 1.76. The standard InChI is InChI=1S/C6H6N2O3/c9-3-6(10)11-4-5-7-1-2-8-5/h1-3H,4H2,(H,7,8). The predicted octanol–water partition coefficient (Wildman–Crippen LogP) is -0.348. The molecule has 0 radical (unpaired) electrons. The molecule has 1 aromatic rings. The van der Waals surface area contributed by atoms with Gasteiger partial charge in [-0.3, -0.25) is 4.79 Å². The molecule has 1 heterocycles. The summed E-state index contributed by atoms with van der Waals surface area (Å²) in [5, 5.41) is 0. The molecule has 1 rings (SSSR count). The second-order valence-corrected chi connectivity index (χ2v) is 1.76. The Balaban J connectivity index is 2.34. The van der Waals surface area contributed by atoms with Crippen molar-refractivity contribution in [2.75, 3.05) is 0 Å². The number of carbonyl (C=O) groups excluding carboxylic acids is 2. The minimum absolute atomic E-state index is 0.00454. The number of aromatic nitrogens is 2. The molecule has 0 unspecified atom stereocenters. The van der Waals surface area contributed by atoms with Crippen LogP contribution in [0.4, 0.5) is 0 Å². The molecule has 0 spiro atoms. The fourth-order valence-electron chi connectivity index (χ4n) is 0.550. The predicted molar refractivity (Wildman–Crippen MR) is 34.4 cm³/mol. The average molecular weight is 154 g/mol. The van der Waals surface area contributed by atoms with Crippen molar-refractivity contribution in [3.63, 3.8) is 0 Å². The number of nitrogens with zero attached hydrogens (tertiary/aromatic N) is 1. The molecule has 0 saturated carbocycles. The van der Waals surface area contributed by atoms with Gasteiger partial charge in [0.2, 0.25) is 6.29 Å². The summed E-state index contributed by atoms with van der Waals surface area (Å²) in [6.07, 6.45) is 3.25. The van der Waals surface area contributed by atoms with Crippen LogP contribution < -0.4 is 0 Å². The first-order valence-corrected chi connectivity index (χ1v) is 2.93. The first-order chi connectivity index (χ1) is 5.33. The first-order valence-electron chi connectivity index (χ1n) is 2.93. The maximum absolute atomic E-state index is 10.3. The van der Waals surface area contributed by atoms with Crippen LogP contribution in [0.5, 0.6) is 0 Å². The van der Waals surface area contributed by atoms with Crippen LogP contribution in [0.2, 0.25) is 0 Å².